The van der Waals surface area contributed by atoms with Crippen LogP contribution in [-0.4, -0.2) is 10.7 Å². The van der Waals surface area contributed by atoms with Crippen LogP contribution >= 0.6 is 39.0 Å². The van der Waals surface area contributed by atoms with Gasteiger partial charge in [-0.1, -0.05) is 12.1 Å². The number of nitrogens with zero attached hydrogens (tertiary/aromatic N) is 1. The van der Waals surface area contributed by atoms with Gasteiger partial charge in [0.2, 0.25) is 0 Å². The number of nitrogens with two attached hydrogens (primary N) is 1. The molecule has 1 heterocycles. The Balaban J connectivity index is 2.07. The average Bonchev–Trinajstić information content (AvgIpc) is 2.91. The number of aromatic nitrogens is 1. The first-order chi connectivity index (χ1) is 9.91. The summed E-state index contributed by atoms with van der Waals surface area (Å²) in [4.78, 5) is 4.87. The molecule has 2 rings (SSSR count). The normalized spacial score (nSPS) is 13.4. The summed E-state index contributed by atoms with van der Waals surface area (Å²) in [6.07, 6.45) is -3.20. The number of hydrogen-bond donors (Lipinski definition) is 2. The summed E-state index contributed by atoms with van der Waals surface area (Å²) in [5, 5.41) is -0.858. The van der Waals surface area contributed by atoms with E-state index in [1.807, 2.05) is 24.3 Å². The Kier molecular flexibility index (Phi) is 5.67. The minimum atomic E-state index is -4.42. The number of thioether (sulfide) groups is 1. The van der Waals surface area contributed by atoms with E-state index in [0.29, 0.717) is 22.0 Å². The van der Waals surface area contributed by atoms with Crippen molar-refractivity contribution >= 4 is 39.0 Å². The Hall–Kier alpha value is -0.610. The van der Waals surface area contributed by atoms with Crippen LogP contribution < -0.4 is 11.3 Å². The fraction of sp³-hybridized carbons (Fsp3) is 0.250. The molecule has 0 spiro atoms. The topological polar surface area (TPSA) is 50.9 Å². The van der Waals surface area contributed by atoms with E-state index >= 15 is 0 Å². The quantitative estimate of drug-likeness (QED) is 0.450. The number of hydrazine groups is 1. The standard InChI is InChI=1S/C12H11BrF3N3S2/c13-7-3-1-2-4-9(7)20-6-8(19-17)10-5-18-11(21-10)12(14,15)16/h1-5,8,19H,6,17H2. The van der Waals surface area contributed by atoms with Crippen LogP contribution in [0, 0.1) is 0 Å². The van der Waals surface area contributed by atoms with Gasteiger partial charge in [0.1, 0.15) is 0 Å². The highest BCUT2D eigenvalue weighted by Gasteiger charge is 2.35. The van der Waals surface area contributed by atoms with Crippen molar-refractivity contribution in [1.29, 1.82) is 0 Å². The van der Waals surface area contributed by atoms with Crippen molar-refractivity contribution in [3.63, 3.8) is 0 Å². The zero-order valence-electron chi connectivity index (χ0n) is 10.5. The second kappa shape index (κ2) is 7.10. The first kappa shape index (κ1) is 16.8. The number of rotatable bonds is 5. The SMILES string of the molecule is NNC(CSc1ccccc1Br)c1cnc(C(F)(F)F)s1. The smallest absolute Gasteiger partial charge is 0.271 e. The number of thiazole rings is 1. The first-order valence-corrected chi connectivity index (χ1v) is 8.37. The minimum Gasteiger partial charge on any atom is -0.271 e. The maximum atomic E-state index is 12.6. The molecule has 21 heavy (non-hydrogen) atoms. The van der Waals surface area contributed by atoms with Crippen LogP contribution in [-0.2, 0) is 6.18 Å². The van der Waals surface area contributed by atoms with Crippen molar-refractivity contribution in [3.05, 3.63) is 44.8 Å². The van der Waals surface area contributed by atoms with Crippen LogP contribution in [0.4, 0.5) is 13.2 Å². The molecule has 0 radical (unpaired) electrons. The van der Waals surface area contributed by atoms with Crippen molar-refractivity contribution in [1.82, 2.24) is 10.4 Å². The Bertz CT molecular complexity index is 603. The van der Waals surface area contributed by atoms with Crippen LogP contribution in [0.2, 0.25) is 0 Å². The average molecular weight is 398 g/mol. The molecule has 1 aromatic heterocycles. The van der Waals surface area contributed by atoms with Gasteiger partial charge in [-0.15, -0.1) is 23.1 Å². The fourth-order valence-corrected chi connectivity index (χ4v) is 4.11. The van der Waals surface area contributed by atoms with Crippen molar-refractivity contribution in [3.8, 4) is 0 Å². The van der Waals surface area contributed by atoms with E-state index in [1.165, 1.54) is 18.0 Å². The summed E-state index contributed by atoms with van der Waals surface area (Å²) in [5.41, 5.74) is 2.54. The maximum Gasteiger partial charge on any atom is 0.443 e. The summed E-state index contributed by atoms with van der Waals surface area (Å²) in [6, 6.07) is 7.23. The molecule has 114 valence electrons. The molecule has 3 nitrogen and oxygen atoms in total. The highest BCUT2D eigenvalue weighted by atomic mass is 79.9. The predicted molar refractivity (Wildman–Crippen MR) is 82.0 cm³/mol. The van der Waals surface area contributed by atoms with Gasteiger partial charge in [0.15, 0.2) is 5.01 Å². The third kappa shape index (κ3) is 4.43. The molecule has 0 bridgehead atoms. The molecule has 1 atom stereocenters. The number of nitrogens with one attached hydrogen (secondary N) is 1. The van der Waals surface area contributed by atoms with E-state index in [2.05, 4.69) is 26.3 Å². The van der Waals surface area contributed by atoms with Crippen molar-refractivity contribution in [2.45, 2.75) is 17.1 Å². The first-order valence-electron chi connectivity index (χ1n) is 5.78. The van der Waals surface area contributed by atoms with E-state index in [9.17, 15) is 13.2 Å². The zero-order chi connectivity index (χ0) is 15.5. The fourth-order valence-electron chi connectivity index (χ4n) is 1.53. The third-order valence-corrected chi connectivity index (χ3v) is 5.83. The largest absolute Gasteiger partial charge is 0.443 e. The second-order valence-corrected chi connectivity index (χ2v) is 7.00. The van der Waals surface area contributed by atoms with Gasteiger partial charge in [-0.25, -0.2) is 4.98 Å². The van der Waals surface area contributed by atoms with Gasteiger partial charge in [-0.2, -0.15) is 13.2 Å². The van der Waals surface area contributed by atoms with Gasteiger partial charge < -0.3 is 0 Å². The molecular weight excluding hydrogens is 387 g/mol. The monoisotopic (exact) mass is 397 g/mol. The maximum absolute atomic E-state index is 12.6. The van der Waals surface area contributed by atoms with Gasteiger partial charge >= 0.3 is 6.18 Å². The van der Waals surface area contributed by atoms with Crippen molar-refractivity contribution < 1.29 is 13.2 Å². The van der Waals surface area contributed by atoms with E-state index in [-0.39, 0.29) is 0 Å². The number of halogens is 4. The van der Waals surface area contributed by atoms with Gasteiger partial charge in [-0.3, -0.25) is 11.3 Å². The molecule has 0 fully saturated rings. The van der Waals surface area contributed by atoms with E-state index < -0.39 is 17.2 Å². The van der Waals surface area contributed by atoms with Crippen molar-refractivity contribution in [2.75, 3.05) is 5.75 Å². The summed E-state index contributed by atoms with van der Waals surface area (Å²) < 4.78 is 38.6. The Morgan fingerprint density at radius 2 is 2.10 bits per heavy atom. The van der Waals surface area contributed by atoms with Crippen LogP contribution in [0.15, 0.2) is 39.8 Å². The molecule has 0 aliphatic rings. The van der Waals surface area contributed by atoms with Gasteiger partial charge in [0.05, 0.1) is 6.04 Å². The molecule has 9 heteroatoms. The van der Waals surface area contributed by atoms with Crippen LogP contribution in [0.3, 0.4) is 0 Å². The third-order valence-electron chi connectivity index (χ3n) is 2.55. The summed E-state index contributed by atoms with van der Waals surface area (Å²) in [7, 11) is 0. The lowest BCUT2D eigenvalue weighted by molar-refractivity contribution is -0.137. The summed E-state index contributed by atoms with van der Waals surface area (Å²) >= 11 is 5.53. The van der Waals surface area contributed by atoms with E-state index in [4.69, 9.17) is 5.84 Å². The highest BCUT2D eigenvalue weighted by Crippen LogP contribution is 2.36. The summed E-state index contributed by atoms with van der Waals surface area (Å²) in [6.45, 7) is 0. The second-order valence-electron chi connectivity index (χ2n) is 4.03. The minimum absolute atomic E-state index is 0.393. The Morgan fingerprint density at radius 1 is 1.38 bits per heavy atom. The van der Waals surface area contributed by atoms with Gasteiger partial charge in [-0.05, 0) is 28.1 Å². The Labute approximate surface area is 136 Å². The molecular formula is C12H11BrF3N3S2. The van der Waals surface area contributed by atoms with Crippen molar-refractivity contribution in [2.24, 2.45) is 5.84 Å². The molecule has 0 saturated heterocycles. The number of benzene rings is 1. The number of alkyl halides is 3. The molecule has 1 unspecified atom stereocenters. The molecule has 3 N–H and O–H groups in total. The van der Waals surface area contributed by atoms with Crippen LogP contribution in [0.25, 0.3) is 0 Å². The van der Waals surface area contributed by atoms with E-state index in [1.54, 1.807) is 0 Å². The molecule has 2 aromatic rings. The van der Waals surface area contributed by atoms with Gasteiger partial charge in [0, 0.05) is 26.2 Å². The van der Waals surface area contributed by atoms with Crippen LogP contribution in [0.5, 0.6) is 0 Å². The Morgan fingerprint density at radius 3 is 2.67 bits per heavy atom. The predicted octanol–water partition coefficient (Wildman–Crippen LogP) is 4.22. The molecule has 0 aliphatic carbocycles. The molecule has 0 aliphatic heterocycles. The lowest BCUT2D eigenvalue weighted by Crippen LogP contribution is -2.29. The summed E-state index contributed by atoms with van der Waals surface area (Å²) in [5.74, 6) is 5.95. The molecule has 1 aromatic carbocycles. The lowest BCUT2D eigenvalue weighted by atomic mass is 10.3. The molecule has 0 saturated carbocycles. The zero-order valence-corrected chi connectivity index (χ0v) is 13.7. The highest BCUT2D eigenvalue weighted by molar-refractivity contribution is 9.10. The number of hydrogen-bond acceptors (Lipinski definition) is 5. The molecule has 0 amide bonds. The van der Waals surface area contributed by atoms with Gasteiger partial charge in [0.25, 0.3) is 0 Å². The van der Waals surface area contributed by atoms with Crippen LogP contribution in [0.1, 0.15) is 15.9 Å². The van der Waals surface area contributed by atoms with E-state index in [0.717, 1.165) is 9.37 Å². The lowest BCUT2D eigenvalue weighted by Gasteiger charge is -2.13.